The fraction of sp³-hybridized carbons (Fsp3) is 0.280. The summed E-state index contributed by atoms with van der Waals surface area (Å²) in [4.78, 5) is 21.7. The zero-order valence-electron chi connectivity index (χ0n) is 18.8. The minimum Gasteiger partial charge on any atom is -0.355 e. The maximum atomic E-state index is 12.5. The number of benzene rings is 2. The smallest absolute Gasteiger partial charge is 0.253 e. The van der Waals surface area contributed by atoms with Crippen molar-refractivity contribution >= 4 is 34.9 Å². The van der Waals surface area contributed by atoms with Crippen molar-refractivity contribution in [3.8, 4) is 11.4 Å². The van der Waals surface area contributed by atoms with E-state index in [0.717, 1.165) is 17.0 Å². The number of rotatable bonds is 7. The van der Waals surface area contributed by atoms with E-state index in [9.17, 15) is 4.79 Å². The van der Waals surface area contributed by atoms with E-state index in [4.69, 9.17) is 23.2 Å². The van der Waals surface area contributed by atoms with E-state index in [1.54, 1.807) is 22.7 Å². The van der Waals surface area contributed by atoms with Crippen LogP contribution in [-0.2, 0) is 11.2 Å². The second-order valence-corrected chi connectivity index (χ2v) is 8.99. The Bertz CT molecular complexity index is 1300. The molecule has 6 nitrogen and oxygen atoms in total. The van der Waals surface area contributed by atoms with Gasteiger partial charge in [0.1, 0.15) is 0 Å². The van der Waals surface area contributed by atoms with E-state index in [2.05, 4.69) is 39.4 Å². The van der Waals surface area contributed by atoms with E-state index < -0.39 is 0 Å². The van der Waals surface area contributed by atoms with Gasteiger partial charge in [0.05, 0.1) is 5.02 Å². The summed E-state index contributed by atoms with van der Waals surface area (Å²) < 4.78 is 1.71. The number of hydrogen-bond donors (Lipinski definition) is 1. The van der Waals surface area contributed by atoms with Crippen molar-refractivity contribution in [2.24, 2.45) is 0 Å². The standard InChI is InChI=1S/C25H25Cl2N5O/c1-15(18-7-5-4-6-8-18)14-28-23(33)12-11-20-16(2)29-25-30-24(31-32(25)17(20)3)21-10-9-19(26)13-22(21)27/h4-10,13,15H,11-12,14H2,1-3H3,(H,28,33). The molecular formula is C25H25Cl2N5O. The molecule has 1 N–H and O–H groups in total. The molecule has 0 saturated carbocycles. The number of fused-ring (bicyclic) bond motifs is 1. The van der Waals surface area contributed by atoms with Gasteiger partial charge in [0.2, 0.25) is 5.91 Å². The minimum atomic E-state index is 0.0175. The lowest BCUT2D eigenvalue weighted by atomic mass is 10.0. The molecule has 2 aromatic carbocycles. The molecular weight excluding hydrogens is 457 g/mol. The summed E-state index contributed by atoms with van der Waals surface area (Å²) in [6.45, 7) is 6.61. The molecule has 4 rings (SSSR count). The van der Waals surface area contributed by atoms with Crippen LogP contribution < -0.4 is 5.32 Å². The zero-order valence-corrected chi connectivity index (χ0v) is 20.3. The van der Waals surface area contributed by atoms with Gasteiger partial charge in [-0.2, -0.15) is 4.98 Å². The van der Waals surface area contributed by atoms with Gasteiger partial charge in [0, 0.05) is 34.9 Å². The number of amides is 1. The fourth-order valence-electron chi connectivity index (χ4n) is 3.85. The molecule has 33 heavy (non-hydrogen) atoms. The Morgan fingerprint density at radius 2 is 1.85 bits per heavy atom. The van der Waals surface area contributed by atoms with Crippen LogP contribution in [0.25, 0.3) is 17.2 Å². The molecule has 4 aromatic rings. The number of nitrogens with one attached hydrogen (secondary N) is 1. The maximum Gasteiger partial charge on any atom is 0.253 e. The largest absolute Gasteiger partial charge is 0.355 e. The van der Waals surface area contributed by atoms with Gasteiger partial charge in [0.15, 0.2) is 5.82 Å². The summed E-state index contributed by atoms with van der Waals surface area (Å²) in [7, 11) is 0. The molecule has 0 aliphatic carbocycles. The molecule has 1 atom stereocenters. The molecule has 1 amide bonds. The molecule has 0 aliphatic heterocycles. The van der Waals surface area contributed by atoms with Crippen molar-refractivity contribution in [1.29, 1.82) is 0 Å². The van der Waals surface area contributed by atoms with Crippen molar-refractivity contribution in [3.63, 3.8) is 0 Å². The van der Waals surface area contributed by atoms with Gasteiger partial charge in [-0.15, -0.1) is 5.10 Å². The van der Waals surface area contributed by atoms with Crippen LogP contribution in [0.2, 0.25) is 10.0 Å². The van der Waals surface area contributed by atoms with Crippen molar-refractivity contribution in [2.45, 2.75) is 39.5 Å². The first kappa shape index (κ1) is 23.2. The highest BCUT2D eigenvalue weighted by atomic mass is 35.5. The van der Waals surface area contributed by atoms with Crippen molar-refractivity contribution < 1.29 is 4.79 Å². The van der Waals surface area contributed by atoms with Crippen LogP contribution in [0.3, 0.4) is 0 Å². The summed E-state index contributed by atoms with van der Waals surface area (Å²) >= 11 is 12.3. The lowest BCUT2D eigenvalue weighted by Gasteiger charge is -2.14. The van der Waals surface area contributed by atoms with Crippen LogP contribution in [0, 0.1) is 13.8 Å². The fourth-order valence-corrected chi connectivity index (χ4v) is 4.34. The molecule has 2 heterocycles. The monoisotopic (exact) mass is 481 g/mol. The third-order valence-electron chi connectivity index (χ3n) is 5.80. The van der Waals surface area contributed by atoms with Gasteiger partial charge in [-0.05, 0) is 55.5 Å². The van der Waals surface area contributed by atoms with Crippen molar-refractivity contribution in [2.75, 3.05) is 6.54 Å². The second-order valence-electron chi connectivity index (χ2n) is 8.15. The molecule has 2 aromatic heterocycles. The number of nitrogens with zero attached hydrogens (tertiary/aromatic N) is 4. The van der Waals surface area contributed by atoms with Crippen LogP contribution in [-0.4, -0.2) is 32.0 Å². The molecule has 0 bridgehead atoms. The first-order valence-electron chi connectivity index (χ1n) is 10.8. The lowest BCUT2D eigenvalue weighted by Crippen LogP contribution is -2.27. The van der Waals surface area contributed by atoms with Crippen LogP contribution in [0.5, 0.6) is 0 Å². The Hall–Kier alpha value is -2.96. The average molecular weight is 482 g/mol. The summed E-state index contributed by atoms with van der Waals surface area (Å²) in [5.74, 6) is 1.25. The number of aromatic nitrogens is 4. The quantitative estimate of drug-likeness (QED) is 0.374. The number of carbonyl (C=O) groups is 1. The molecule has 170 valence electrons. The third-order valence-corrected chi connectivity index (χ3v) is 6.34. The predicted molar refractivity (Wildman–Crippen MR) is 132 cm³/mol. The first-order chi connectivity index (χ1) is 15.8. The zero-order chi connectivity index (χ0) is 23.5. The van der Waals surface area contributed by atoms with Gasteiger partial charge >= 0.3 is 0 Å². The predicted octanol–water partition coefficient (Wildman–Crippen LogP) is 5.57. The molecule has 8 heteroatoms. The van der Waals surface area contributed by atoms with Crippen LogP contribution in [0.1, 0.15) is 41.8 Å². The molecule has 0 saturated heterocycles. The molecule has 0 fully saturated rings. The summed E-state index contributed by atoms with van der Waals surface area (Å²) in [6, 6.07) is 15.4. The lowest BCUT2D eigenvalue weighted by molar-refractivity contribution is -0.121. The Kier molecular flexibility index (Phi) is 6.96. The number of hydrogen-bond acceptors (Lipinski definition) is 4. The number of aryl methyl sites for hydroxylation is 2. The van der Waals surface area contributed by atoms with E-state index >= 15 is 0 Å². The third kappa shape index (κ3) is 5.18. The maximum absolute atomic E-state index is 12.5. The highest BCUT2D eigenvalue weighted by molar-refractivity contribution is 6.36. The Labute approximate surface area is 203 Å². The van der Waals surface area contributed by atoms with Crippen molar-refractivity contribution in [1.82, 2.24) is 24.9 Å². The molecule has 0 spiro atoms. The van der Waals surface area contributed by atoms with Gasteiger partial charge in [-0.3, -0.25) is 4.79 Å². The van der Waals surface area contributed by atoms with E-state index in [1.165, 1.54) is 5.56 Å². The number of carbonyl (C=O) groups excluding carboxylic acids is 1. The summed E-state index contributed by atoms with van der Waals surface area (Å²) in [6.07, 6.45) is 0.948. The Morgan fingerprint density at radius 3 is 2.58 bits per heavy atom. The normalized spacial score (nSPS) is 12.2. The van der Waals surface area contributed by atoms with Crippen molar-refractivity contribution in [3.05, 3.63) is 81.1 Å². The first-order valence-corrected chi connectivity index (χ1v) is 11.6. The van der Waals surface area contributed by atoms with E-state index in [1.807, 2.05) is 32.0 Å². The highest BCUT2D eigenvalue weighted by Gasteiger charge is 2.17. The Balaban J connectivity index is 1.47. The van der Waals surface area contributed by atoms with Gasteiger partial charge in [0.25, 0.3) is 5.78 Å². The highest BCUT2D eigenvalue weighted by Crippen LogP contribution is 2.29. The molecule has 1 unspecified atom stereocenters. The van der Waals surface area contributed by atoms with E-state index in [0.29, 0.717) is 46.6 Å². The average Bonchev–Trinajstić information content (AvgIpc) is 3.21. The van der Waals surface area contributed by atoms with Gasteiger partial charge < -0.3 is 5.32 Å². The van der Waals surface area contributed by atoms with Crippen LogP contribution in [0.4, 0.5) is 0 Å². The minimum absolute atomic E-state index is 0.0175. The van der Waals surface area contributed by atoms with Gasteiger partial charge in [-0.1, -0.05) is 60.5 Å². The SMILES string of the molecule is Cc1nc2nc(-c3ccc(Cl)cc3Cl)nn2c(C)c1CCC(=O)NCC(C)c1ccccc1. The summed E-state index contributed by atoms with van der Waals surface area (Å²) in [5.41, 5.74) is 4.64. The second kappa shape index (κ2) is 9.89. The van der Waals surface area contributed by atoms with Gasteiger partial charge in [-0.25, -0.2) is 9.50 Å². The number of halogens is 2. The molecule has 0 aliphatic rings. The topological polar surface area (TPSA) is 72.2 Å². The molecule has 0 radical (unpaired) electrons. The summed E-state index contributed by atoms with van der Waals surface area (Å²) in [5, 5.41) is 8.69. The van der Waals surface area contributed by atoms with Crippen LogP contribution >= 0.6 is 23.2 Å². The Morgan fingerprint density at radius 1 is 1.09 bits per heavy atom. The van der Waals surface area contributed by atoms with Crippen LogP contribution in [0.15, 0.2) is 48.5 Å². The van der Waals surface area contributed by atoms with E-state index in [-0.39, 0.29) is 11.8 Å².